The third kappa shape index (κ3) is 4.00. The predicted octanol–water partition coefficient (Wildman–Crippen LogP) is 1.85. The van der Waals surface area contributed by atoms with Gasteiger partial charge in [0.1, 0.15) is 5.82 Å². The van der Waals surface area contributed by atoms with Crippen molar-refractivity contribution in [1.29, 1.82) is 0 Å². The molecule has 4 heteroatoms. The normalized spacial score (nSPS) is 23.5. The minimum absolute atomic E-state index is 0.0781. The molecule has 2 atom stereocenters. The summed E-state index contributed by atoms with van der Waals surface area (Å²) in [6.07, 6.45) is 0.875. The van der Waals surface area contributed by atoms with E-state index in [0.29, 0.717) is 6.04 Å². The number of halogens is 1. The van der Waals surface area contributed by atoms with Gasteiger partial charge >= 0.3 is 0 Å². The van der Waals surface area contributed by atoms with Crippen LogP contribution in [0.25, 0.3) is 0 Å². The Bertz CT molecular complexity index is 410. The molecule has 2 unspecified atom stereocenters. The Morgan fingerprint density at radius 3 is 2.89 bits per heavy atom. The minimum atomic E-state index is -0.207. The molecule has 1 heterocycles. The van der Waals surface area contributed by atoms with Crippen LogP contribution in [0.15, 0.2) is 24.3 Å². The fourth-order valence-electron chi connectivity index (χ4n) is 2.55. The van der Waals surface area contributed by atoms with Gasteiger partial charge in [0.05, 0.1) is 0 Å². The quantitative estimate of drug-likeness (QED) is 0.902. The summed E-state index contributed by atoms with van der Waals surface area (Å²) in [7, 11) is 2.17. The van der Waals surface area contributed by atoms with Crippen LogP contribution in [0.5, 0.6) is 0 Å². The van der Waals surface area contributed by atoms with E-state index in [1.807, 2.05) is 6.07 Å². The van der Waals surface area contributed by atoms with Crippen LogP contribution in [0.1, 0.15) is 24.9 Å². The van der Waals surface area contributed by atoms with Gasteiger partial charge in [-0.25, -0.2) is 4.39 Å². The van der Waals surface area contributed by atoms with Crippen molar-refractivity contribution in [2.24, 2.45) is 5.73 Å². The van der Waals surface area contributed by atoms with E-state index >= 15 is 0 Å². The van der Waals surface area contributed by atoms with Gasteiger partial charge in [0.2, 0.25) is 0 Å². The summed E-state index contributed by atoms with van der Waals surface area (Å²) >= 11 is 0. The molecule has 1 aromatic rings. The smallest absolute Gasteiger partial charge is 0.123 e. The summed E-state index contributed by atoms with van der Waals surface area (Å²) in [5, 5.41) is 0. The largest absolute Gasteiger partial charge is 0.324 e. The molecule has 2 rings (SSSR count). The van der Waals surface area contributed by atoms with Gasteiger partial charge in [0, 0.05) is 38.3 Å². The third-order valence-electron chi connectivity index (χ3n) is 4.08. The Labute approximate surface area is 115 Å². The zero-order valence-corrected chi connectivity index (χ0v) is 11.8. The number of nitrogens with zero attached hydrogens (tertiary/aromatic N) is 2. The summed E-state index contributed by atoms with van der Waals surface area (Å²) in [6.45, 7) is 6.52. The Balaban J connectivity index is 1.82. The Hall–Kier alpha value is -0.970. The minimum Gasteiger partial charge on any atom is -0.324 e. The van der Waals surface area contributed by atoms with Crippen molar-refractivity contribution in [3.05, 3.63) is 35.6 Å². The van der Waals surface area contributed by atoms with Crippen molar-refractivity contribution in [1.82, 2.24) is 9.80 Å². The first-order valence-electron chi connectivity index (χ1n) is 7.00. The van der Waals surface area contributed by atoms with Crippen LogP contribution in [-0.4, -0.2) is 49.1 Å². The second-order valence-corrected chi connectivity index (χ2v) is 5.58. The fourth-order valence-corrected chi connectivity index (χ4v) is 2.55. The first kappa shape index (κ1) is 14.4. The van der Waals surface area contributed by atoms with Crippen LogP contribution in [0.4, 0.5) is 4.39 Å². The van der Waals surface area contributed by atoms with Crippen molar-refractivity contribution >= 4 is 0 Å². The number of hydrogen-bond donors (Lipinski definition) is 1. The summed E-state index contributed by atoms with van der Waals surface area (Å²) in [5.41, 5.74) is 7.03. The number of piperazine rings is 1. The van der Waals surface area contributed by atoms with Gasteiger partial charge in [-0.1, -0.05) is 12.1 Å². The van der Waals surface area contributed by atoms with E-state index in [9.17, 15) is 4.39 Å². The zero-order chi connectivity index (χ0) is 13.8. The van der Waals surface area contributed by atoms with E-state index in [1.165, 1.54) is 12.1 Å². The van der Waals surface area contributed by atoms with Crippen LogP contribution in [0.3, 0.4) is 0 Å². The third-order valence-corrected chi connectivity index (χ3v) is 4.08. The Morgan fingerprint density at radius 1 is 1.42 bits per heavy atom. The molecule has 3 nitrogen and oxygen atoms in total. The monoisotopic (exact) mass is 265 g/mol. The number of nitrogens with two attached hydrogens (primary N) is 1. The lowest BCUT2D eigenvalue weighted by Crippen LogP contribution is -2.50. The zero-order valence-electron chi connectivity index (χ0n) is 11.8. The lowest BCUT2D eigenvalue weighted by atomic mass is 10.0. The summed E-state index contributed by atoms with van der Waals surface area (Å²) in [6, 6.07) is 7.14. The van der Waals surface area contributed by atoms with E-state index in [4.69, 9.17) is 5.73 Å². The van der Waals surface area contributed by atoms with E-state index < -0.39 is 0 Å². The fraction of sp³-hybridized carbons (Fsp3) is 0.600. The van der Waals surface area contributed by atoms with Crippen LogP contribution in [0, 0.1) is 5.82 Å². The molecule has 2 N–H and O–H groups in total. The topological polar surface area (TPSA) is 32.5 Å². The Kier molecular flexibility index (Phi) is 4.91. The molecule has 19 heavy (non-hydrogen) atoms. The molecule has 0 radical (unpaired) electrons. The molecule has 1 aromatic carbocycles. The van der Waals surface area contributed by atoms with Gasteiger partial charge < -0.3 is 15.5 Å². The second-order valence-electron chi connectivity index (χ2n) is 5.58. The standard InChI is InChI=1S/C15H24FN3/c1-12-11-19(9-8-18(12)2)7-6-15(17)13-4-3-5-14(16)10-13/h3-5,10,12,15H,6-9,11,17H2,1-2H3. The molecule has 0 aliphatic carbocycles. The molecule has 1 saturated heterocycles. The summed E-state index contributed by atoms with van der Waals surface area (Å²) in [5.74, 6) is -0.207. The molecule has 1 fully saturated rings. The number of likely N-dealkylation sites (N-methyl/N-ethyl adjacent to an activating group) is 1. The molecule has 1 aliphatic heterocycles. The predicted molar refractivity (Wildman–Crippen MR) is 76.5 cm³/mol. The number of rotatable bonds is 4. The Morgan fingerprint density at radius 2 is 2.21 bits per heavy atom. The first-order valence-corrected chi connectivity index (χ1v) is 7.00. The number of benzene rings is 1. The van der Waals surface area contributed by atoms with E-state index in [1.54, 1.807) is 6.07 Å². The molecule has 0 bridgehead atoms. The highest BCUT2D eigenvalue weighted by atomic mass is 19.1. The second kappa shape index (κ2) is 6.46. The van der Waals surface area contributed by atoms with Crippen molar-refractivity contribution in [2.45, 2.75) is 25.4 Å². The maximum absolute atomic E-state index is 13.1. The lowest BCUT2D eigenvalue weighted by molar-refractivity contribution is 0.103. The van der Waals surface area contributed by atoms with Gasteiger partial charge in [0.15, 0.2) is 0 Å². The maximum Gasteiger partial charge on any atom is 0.123 e. The van der Waals surface area contributed by atoms with Crippen molar-refractivity contribution in [3.8, 4) is 0 Å². The van der Waals surface area contributed by atoms with Crippen LogP contribution in [-0.2, 0) is 0 Å². The van der Waals surface area contributed by atoms with E-state index in [2.05, 4.69) is 23.8 Å². The van der Waals surface area contributed by atoms with Crippen LogP contribution < -0.4 is 5.73 Å². The van der Waals surface area contributed by atoms with Gasteiger partial charge in [-0.15, -0.1) is 0 Å². The maximum atomic E-state index is 13.1. The molecule has 0 amide bonds. The van der Waals surface area contributed by atoms with Crippen LogP contribution >= 0.6 is 0 Å². The highest BCUT2D eigenvalue weighted by molar-refractivity contribution is 5.19. The molecular formula is C15H24FN3. The van der Waals surface area contributed by atoms with Gasteiger partial charge in [-0.3, -0.25) is 0 Å². The average molecular weight is 265 g/mol. The van der Waals surface area contributed by atoms with Gasteiger partial charge in [0.25, 0.3) is 0 Å². The van der Waals surface area contributed by atoms with Crippen LogP contribution in [0.2, 0.25) is 0 Å². The molecule has 0 spiro atoms. The van der Waals surface area contributed by atoms with E-state index in [-0.39, 0.29) is 11.9 Å². The highest BCUT2D eigenvalue weighted by Crippen LogP contribution is 2.16. The van der Waals surface area contributed by atoms with Crippen molar-refractivity contribution in [2.75, 3.05) is 33.2 Å². The molecular weight excluding hydrogens is 241 g/mol. The molecule has 106 valence electrons. The molecule has 0 aromatic heterocycles. The van der Waals surface area contributed by atoms with Crippen molar-refractivity contribution < 1.29 is 4.39 Å². The first-order chi connectivity index (χ1) is 9.06. The van der Waals surface area contributed by atoms with E-state index in [0.717, 1.165) is 38.2 Å². The molecule has 1 aliphatic rings. The van der Waals surface area contributed by atoms with Gasteiger partial charge in [-0.05, 0) is 38.1 Å². The lowest BCUT2D eigenvalue weighted by Gasteiger charge is -2.38. The molecule has 0 saturated carbocycles. The van der Waals surface area contributed by atoms with Gasteiger partial charge in [-0.2, -0.15) is 0 Å². The average Bonchev–Trinajstić information content (AvgIpc) is 2.40. The summed E-state index contributed by atoms with van der Waals surface area (Å²) < 4.78 is 13.1. The van der Waals surface area contributed by atoms with Crippen molar-refractivity contribution in [3.63, 3.8) is 0 Å². The SMILES string of the molecule is CC1CN(CCC(N)c2cccc(F)c2)CCN1C. The summed E-state index contributed by atoms with van der Waals surface area (Å²) in [4.78, 5) is 4.83. The highest BCUT2D eigenvalue weighted by Gasteiger charge is 2.20. The number of hydrogen-bond acceptors (Lipinski definition) is 3.